The number of fused-ring (bicyclic) bond motifs is 1. The third-order valence-electron chi connectivity index (χ3n) is 4.60. The normalized spacial score (nSPS) is 12.6. The Hall–Kier alpha value is -2.52. The number of hydrogen-bond donors (Lipinski definition) is 0. The molecule has 2 aromatic carbocycles. The maximum Gasteiger partial charge on any atom is 0.356 e. The van der Waals surface area contributed by atoms with Crippen LogP contribution < -0.4 is 0 Å². The van der Waals surface area contributed by atoms with Crippen molar-refractivity contribution < 1.29 is 27.5 Å². The Morgan fingerprint density at radius 1 is 1.09 bits per heavy atom. The molecule has 0 unspecified atom stereocenters. The average molecular weight is 559 g/mol. The smallest absolute Gasteiger partial charge is 0.356 e. The largest absolute Gasteiger partial charge is 0.461 e. The number of ether oxygens (including phenoxy) is 2. The third-order valence-corrected chi connectivity index (χ3v) is 7.10. The van der Waals surface area contributed by atoms with Crippen molar-refractivity contribution in [1.29, 1.82) is 0 Å². The molecule has 0 aliphatic rings. The Labute approximate surface area is 218 Å². The molecule has 3 rings (SSSR count). The third kappa shape index (κ3) is 5.67. The van der Waals surface area contributed by atoms with Crippen molar-refractivity contribution in [2.24, 2.45) is 0 Å². The molecule has 1 aromatic heterocycles. The van der Waals surface area contributed by atoms with Gasteiger partial charge in [-0.05, 0) is 58.0 Å². The van der Waals surface area contributed by atoms with Crippen LogP contribution in [0, 0.1) is 0 Å². The first-order chi connectivity index (χ1) is 16.3. The van der Waals surface area contributed by atoms with Crippen molar-refractivity contribution in [2.75, 3.05) is 6.61 Å². The van der Waals surface area contributed by atoms with Gasteiger partial charge in [0.05, 0.1) is 22.0 Å². The number of aromatic nitrogens is 1. The van der Waals surface area contributed by atoms with E-state index in [-0.39, 0.29) is 38.0 Å². The lowest BCUT2D eigenvalue weighted by Crippen LogP contribution is -2.24. The van der Waals surface area contributed by atoms with Crippen molar-refractivity contribution >= 4 is 73.7 Å². The van der Waals surface area contributed by atoms with Crippen LogP contribution in [-0.2, 0) is 24.3 Å². The zero-order chi connectivity index (χ0) is 26.1. The Morgan fingerprint density at radius 2 is 1.71 bits per heavy atom. The number of esters is 2. The molecule has 3 aromatic rings. The van der Waals surface area contributed by atoms with Crippen LogP contribution in [0.3, 0.4) is 0 Å². The lowest BCUT2D eigenvalue weighted by atomic mass is 10.1. The van der Waals surface area contributed by atoms with Gasteiger partial charge in [-0.25, -0.2) is 22.0 Å². The van der Waals surface area contributed by atoms with E-state index < -0.39 is 38.3 Å². The second kappa shape index (κ2) is 10.2. The summed E-state index contributed by atoms with van der Waals surface area (Å²) in [7, 11) is -4.35. The fourth-order valence-corrected chi connectivity index (χ4v) is 5.59. The lowest BCUT2D eigenvalue weighted by molar-refractivity contribution is -0.148. The van der Waals surface area contributed by atoms with E-state index in [1.165, 1.54) is 24.3 Å². The predicted octanol–water partition coefficient (Wildman–Crippen LogP) is 6.28. The van der Waals surface area contributed by atoms with Crippen molar-refractivity contribution in [2.45, 2.75) is 38.2 Å². The molecule has 0 bridgehead atoms. The van der Waals surface area contributed by atoms with Gasteiger partial charge in [0.1, 0.15) is 10.6 Å². The number of carbonyl (C=O) groups is 2. The van der Waals surface area contributed by atoms with Crippen molar-refractivity contribution in [3.63, 3.8) is 0 Å². The summed E-state index contributed by atoms with van der Waals surface area (Å²) in [5.74, 6) is -1.83. The Bertz CT molecular complexity index is 1440. The first kappa shape index (κ1) is 27.1. The molecule has 1 heterocycles. The molecule has 0 radical (unpaired) electrons. The van der Waals surface area contributed by atoms with Crippen LogP contribution in [0.2, 0.25) is 10.0 Å². The van der Waals surface area contributed by atoms with Crippen LogP contribution in [0.15, 0.2) is 52.4 Å². The number of hydrogen-bond acceptors (Lipinski definition) is 6. The fraction of sp³-hybridized carbons (Fsp3) is 0.250. The summed E-state index contributed by atoms with van der Waals surface area (Å²) in [5.41, 5.74) is -1.26. The van der Waals surface area contributed by atoms with Gasteiger partial charge in [-0.15, -0.1) is 0 Å². The molecule has 186 valence electrons. The van der Waals surface area contributed by atoms with Gasteiger partial charge in [0, 0.05) is 16.0 Å². The van der Waals surface area contributed by atoms with Crippen LogP contribution >= 0.6 is 34.8 Å². The highest BCUT2D eigenvalue weighted by atomic mass is 35.5. The van der Waals surface area contributed by atoms with Crippen molar-refractivity contribution in [3.8, 4) is 0 Å². The zero-order valence-electron chi connectivity index (χ0n) is 19.3. The highest BCUT2D eigenvalue weighted by molar-refractivity contribution is 7.90. The van der Waals surface area contributed by atoms with E-state index in [4.69, 9.17) is 44.3 Å². The maximum absolute atomic E-state index is 13.7. The van der Waals surface area contributed by atoms with Crippen LogP contribution in [-0.4, -0.2) is 36.5 Å². The zero-order valence-corrected chi connectivity index (χ0v) is 22.3. The summed E-state index contributed by atoms with van der Waals surface area (Å²) in [4.78, 5) is 25.6. The fourth-order valence-electron chi connectivity index (χ4n) is 3.33. The highest BCUT2D eigenvalue weighted by Crippen LogP contribution is 2.39. The van der Waals surface area contributed by atoms with E-state index in [0.29, 0.717) is 0 Å². The van der Waals surface area contributed by atoms with Gasteiger partial charge >= 0.3 is 11.9 Å². The predicted molar refractivity (Wildman–Crippen MR) is 137 cm³/mol. The average Bonchev–Trinajstić information content (AvgIpc) is 3.08. The number of nitrogens with zero attached hydrogens (tertiary/aromatic N) is 1. The minimum Gasteiger partial charge on any atom is -0.461 e. The van der Waals surface area contributed by atoms with Gasteiger partial charge in [-0.1, -0.05) is 53.0 Å². The molecule has 7 nitrogen and oxygen atoms in total. The second-order valence-corrected chi connectivity index (χ2v) is 11.4. The summed E-state index contributed by atoms with van der Waals surface area (Å²) in [6.45, 7) is 6.52. The van der Waals surface area contributed by atoms with E-state index >= 15 is 0 Å². The minimum atomic E-state index is -4.35. The first-order valence-corrected chi connectivity index (χ1v) is 13.0. The van der Waals surface area contributed by atoms with Crippen LogP contribution in [0.4, 0.5) is 0 Å². The lowest BCUT2D eigenvalue weighted by Gasteiger charge is -2.19. The summed E-state index contributed by atoms with van der Waals surface area (Å²) in [6.07, 6.45) is 1.14. The second-order valence-electron chi connectivity index (χ2n) is 8.34. The quantitative estimate of drug-likeness (QED) is 0.261. The van der Waals surface area contributed by atoms with Crippen molar-refractivity contribution in [3.05, 3.63) is 68.8 Å². The van der Waals surface area contributed by atoms with Gasteiger partial charge < -0.3 is 9.47 Å². The van der Waals surface area contributed by atoms with Crippen LogP contribution in [0.5, 0.6) is 0 Å². The van der Waals surface area contributed by atoms with E-state index in [2.05, 4.69) is 0 Å². The van der Waals surface area contributed by atoms with Crippen LogP contribution in [0.25, 0.3) is 17.0 Å². The van der Waals surface area contributed by atoms with Gasteiger partial charge in [0.2, 0.25) is 0 Å². The van der Waals surface area contributed by atoms with E-state index in [1.54, 1.807) is 45.9 Å². The van der Waals surface area contributed by atoms with Gasteiger partial charge in [0.25, 0.3) is 10.0 Å². The van der Waals surface area contributed by atoms with E-state index in [1.807, 2.05) is 0 Å². The maximum atomic E-state index is 13.7. The van der Waals surface area contributed by atoms with Gasteiger partial charge in [0.15, 0.2) is 5.69 Å². The number of benzene rings is 2. The number of rotatable bonds is 6. The Balaban J connectivity index is 2.46. The number of halogens is 3. The molecule has 0 spiro atoms. The molecular weight excluding hydrogens is 537 g/mol. The molecule has 0 saturated carbocycles. The SMILES string of the molecule is CCOC(=O)c1c(C=C(Cl)C(=O)OC(C)(C)C)c2c(Cl)cc(Cl)cc2n1S(=O)(=O)c1ccccc1. The molecule has 0 amide bonds. The molecule has 35 heavy (non-hydrogen) atoms. The van der Waals surface area contributed by atoms with E-state index in [9.17, 15) is 18.0 Å². The van der Waals surface area contributed by atoms with Crippen molar-refractivity contribution in [1.82, 2.24) is 3.97 Å². The summed E-state index contributed by atoms with van der Waals surface area (Å²) in [6, 6.07) is 10.2. The summed E-state index contributed by atoms with van der Waals surface area (Å²) in [5, 5.41) is -0.0818. The highest BCUT2D eigenvalue weighted by Gasteiger charge is 2.33. The number of carbonyl (C=O) groups excluding carboxylic acids is 2. The molecule has 0 N–H and O–H groups in total. The van der Waals surface area contributed by atoms with Gasteiger partial charge in [-0.3, -0.25) is 0 Å². The molecule has 11 heteroatoms. The van der Waals surface area contributed by atoms with E-state index in [0.717, 1.165) is 10.0 Å². The minimum absolute atomic E-state index is 0.00862. The first-order valence-electron chi connectivity index (χ1n) is 10.4. The molecule has 0 fully saturated rings. The molecular formula is C24H22Cl3NO6S. The topological polar surface area (TPSA) is 91.7 Å². The monoisotopic (exact) mass is 557 g/mol. The Morgan fingerprint density at radius 3 is 2.29 bits per heavy atom. The summed E-state index contributed by atoms with van der Waals surface area (Å²) < 4.78 is 38.8. The summed E-state index contributed by atoms with van der Waals surface area (Å²) >= 11 is 18.9. The van der Waals surface area contributed by atoms with Gasteiger partial charge in [-0.2, -0.15) is 0 Å². The Kier molecular flexibility index (Phi) is 7.91. The standard InChI is InChI=1S/C24H22Cl3NO6S/c1-5-33-23(30)21-16(13-18(27)22(29)34-24(2,3)4)20-17(26)11-14(25)12-19(20)28(21)35(31,32)15-9-7-6-8-10-15/h6-13H,5H2,1-4H3. The molecule has 0 aliphatic carbocycles. The molecule has 0 aliphatic heterocycles. The molecule has 0 saturated heterocycles. The van der Waals surface area contributed by atoms with Crippen LogP contribution in [0.1, 0.15) is 43.7 Å². The molecule has 0 atom stereocenters.